The molecule has 0 saturated carbocycles. The zero-order valence-corrected chi connectivity index (χ0v) is 12.5. The van der Waals surface area contributed by atoms with E-state index in [4.69, 9.17) is 19.3 Å². The third kappa shape index (κ3) is 161. The van der Waals surface area contributed by atoms with Crippen molar-refractivity contribution < 1.29 is 78.4 Å². The van der Waals surface area contributed by atoms with Gasteiger partial charge in [0.25, 0.3) is 0 Å². The van der Waals surface area contributed by atoms with Crippen LogP contribution in [0.1, 0.15) is 0 Å². The van der Waals surface area contributed by atoms with Crippen molar-refractivity contribution in [2.75, 3.05) is 0 Å². The maximum atomic E-state index is 8.39. The summed E-state index contributed by atoms with van der Waals surface area (Å²) in [5.74, 6) is 0. The van der Waals surface area contributed by atoms with Crippen molar-refractivity contribution in [1.29, 1.82) is 0 Å². The second-order valence-corrected chi connectivity index (χ2v) is 0.224. The molecule has 0 aromatic heterocycles. The zero-order chi connectivity index (χ0) is 7.58. The molecule has 0 spiro atoms. The molecule has 0 aromatic rings. The number of hydrogen-bond acceptors (Lipinski definition) is 5. The van der Waals surface area contributed by atoms with Crippen molar-refractivity contribution in [3.8, 4) is 0 Å². The summed E-state index contributed by atoms with van der Waals surface area (Å²) in [5.41, 5.74) is 0. The van der Waals surface area contributed by atoms with Crippen LogP contribution in [0.3, 0.4) is 0 Å². The molecule has 0 saturated heterocycles. The molecule has 0 N–H and O–H groups in total. The Kier molecular flexibility index (Phi) is 80.8. The molecule has 0 amide bonds. The van der Waals surface area contributed by atoms with Crippen LogP contribution >= 0.6 is 0 Å². The first-order chi connectivity index (χ1) is 3.73. The third-order valence-corrected chi connectivity index (χ3v) is 0. The van der Waals surface area contributed by atoms with Gasteiger partial charge in [-0.15, -0.1) is 0 Å². The van der Waals surface area contributed by atoms with Gasteiger partial charge in [0.15, 0.2) is 0 Å². The third-order valence-electron chi connectivity index (χ3n) is 0. The van der Waals surface area contributed by atoms with Gasteiger partial charge in [0.2, 0.25) is 0 Å². The van der Waals surface area contributed by atoms with E-state index >= 15 is 0 Å². The Bertz CT molecular complexity index is 54.9. The molecule has 9 heavy (non-hydrogen) atoms. The molecular formula is HCeNNaO5Sb. The molecule has 0 atom stereocenters. The van der Waals surface area contributed by atoms with Crippen molar-refractivity contribution >= 4 is 23.0 Å². The van der Waals surface area contributed by atoms with Gasteiger partial charge in [-0.2, -0.15) is 0 Å². The van der Waals surface area contributed by atoms with Gasteiger partial charge in [0, 0.05) is 0 Å². The van der Waals surface area contributed by atoms with Crippen molar-refractivity contribution in [2.24, 2.45) is 0 Å². The Labute approximate surface area is 114 Å². The zero-order valence-electron chi connectivity index (χ0n) is 4.49. The van der Waals surface area contributed by atoms with Gasteiger partial charge in [-0.25, -0.2) is 0 Å². The van der Waals surface area contributed by atoms with E-state index in [1.165, 1.54) is 0 Å². The molecule has 0 aliphatic heterocycles. The number of rotatable bonds is 0. The van der Waals surface area contributed by atoms with Crippen LogP contribution in [0.25, 0.3) is 0 Å². The fraction of sp³-hybridized carbons (Fsp3) is 0. The average Bonchev–Trinajstić information content (AvgIpc) is 1.75. The van der Waals surface area contributed by atoms with E-state index in [-0.39, 0.29) is 69.3 Å². The second kappa shape index (κ2) is 32.4. The monoisotopic (exact) mass is 379 g/mol. The van der Waals surface area contributed by atoms with Crippen LogP contribution in [0.4, 0.5) is 0 Å². The molecule has 0 radical (unpaired) electrons. The topological polar surface area (TPSA) is 100 Å². The molecule has 0 aromatic carbocycles. The fourth-order valence-corrected chi connectivity index (χ4v) is 0. The van der Waals surface area contributed by atoms with Crippen LogP contribution in [0.15, 0.2) is 0 Å². The van der Waals surface area contributed by atoms with Gasteiger partial charge in [-0.1, -0.05) is 0 Å². The van der Waals surface area contributed by atoms with Gasteiger partial charge in [0.1, 0.15) is 0 Å². The van der Waals surface area contributed by atoms with Crippen LogP contribution in [-0.4, -0.2) is 28.1 Å². The maximum absolute atomic E-state index is 8.39. The standard InChI is InChI=1S/Ce.NO3.Na.2O.Sb.H/c;2-1(3)4;;;;;/q;-1;+1;;;;. The van der Waals surface area contributed by atoms with Gasteiger partial charge >= 0.3 is 96.3 Å². The molecule has 46 valence electrons. The van der Waals surface area contributed by atoms with Gasteiger partial charge < -0.3 is 15.3 Å². The van der Waals surface area contributed by atoms with Crippen molar-refractivity contribution in [3.63, 3.8) is 0 Å². The fourth-order valence-electron chi connectivity index (χ4n) is 0. The van der Waals surface area contributed by atoms with Crippen LogP contribution < -0.4 is 29.6 Å². The van der Waals surface area contributed by atoms with E-state index in [1.807, 2.05) is 0 Å². The Morgan fingerprint density at radius 1 is 1.22 bits per heavy atom. The summed E-state index contributed by atoms with van der Waals surface area (Å²) in [6, 6.07) is 0. The Morgan fingerprint density at radius 3 is 1.22 bits per heavy atom. The first-order valence-corrected chi connectivity index (χ1v) is 3.40. The van der Waals surface area contributed by atoms with Crippen LogP contribution in [-0.2, 0) is 3.96 Å². The minimum atomic E-state index is -1.75. The van der Waals surface area contributed by atoms with Crippen molar-refractivity contribution in [1.82, 2.24) is 0 Å². The first kappa shape index (κ1) is 22.4. The predicted molar refractivity (Wildman–Crippen MR) is 18.9 cm³/mol. The second-order valence-electron chi connectivity index (χ2n) is 0.224. The molecule has 0 aliphatic carbocycles. The Balaban J connectivity index is -0.0000000221. The van der Waals surface area contributed by atoms with Gasteiger partial charge in [-0.05, 0) is 0 Å². The Morgan fingerprint density at radius 2 is 1.22 bits per heavy atom. The van der Waals surface area contributed by atoms with Crippen LogP contribution in [0, 0.1) is 55.1 Å². The summed E-state index contributed by atoms with van der Waals surface area (Å²) in [6.07, 6.45) is 0. The molecule has 6 nitrogen and oxygen atoms in total. The van der Waals surface area contributed by atoms with E-state index < -0.39 is 5.09 Å². The van der Waals surface area contributed by atoms with E-state index in [0.717, 1.165) is 0 Å². The summed E-state index contributed by atoms with van der Waals surface area (Å²) in [7, 11) is 0. The van der Waals surface area contributed by atoms with E-state index in [2.05, 4.69) is 0 Å². The summed E-state index contributed by atoms with van der Waals surface area (Å²) in [6.45, 7) is 0. The average molecular weight is 380 g/mol. The SMILES string of the molecule is O=[N+]([O-])[O-].[Na+].[O]=[Ce].[O]=[SbH]. The van der Waals surface area contributed by atoms with Crippen molar-refractivity contribution in [2.45, 2.75) is 0 Å². The van der Waals surface area contributed by atoms with Crippen molar-refractivity contribution in [3.05, 3.63) is 15.3 Å². The number of hydrogen-bond donors (Lipinski definition) is 0. The van der Waals surface area contributed by atoms with Gasteiger partial charge in [0.05, 0.1) is 5.09 Å². The van der Waals surface area contributed by atoms with Gasteiger partial charge in [-0.3, -0.25) is 0 Å². The normalized spacial score (nSPS) is 3.44. The minimum absolute atomic E-state index is 0. The molecule has 0 fully saturated rings. The number of nitrogens with zero attached hydrogens (tertiary/aromatic N) is 1. The summed E-state index contributed by atoms with van der Waals surface area (Å²) in [4.78, 5) is 8.25. The summed E-state index contributed by atoms with van der Waals surface area (Å²) in [5, 5.41) is 14.8. The van der Waals surface area contributed by atoms with Crippen LogP contribution in [0.5, 0.6) is 0 Å². The van der Waals surface area contributed by atoms with E-state index in [0.29, 0.717) is 23.0 Å². The predicted octanol–water partition coefficient (Wildman–Crippen LogP) is -4.12. The van der Waals surface area contributed by atoms with E-state index in [9.17, 15) is 0 Å². The quantitative estimate of drug-likeness (QED) is 0.242. The molecule has 0 aliphatic rings. The first-order valence-electron chi connectivity index (χ1n) is 0.956. The molecule has 0 heterocycles. The molecular weight excluding hydrogens is 379 g/mol. The van der Waals surface area contributed by atoms with E-state index in [1.54, 1.807) is 0 Å². The summed E-state index contributed by atoms with van der Waals surface area (Å²) >= 11 is 0.356. The molecule has 0 bridgehead atoms. The molecule has 0 unspecified atom stereocenters. The molecule has 9 heteroatoms. The Hall–Kier alpha value is 1.99. The molecule has 0 rings (SSSR count). The summed E-state index contributed by atoms with van der Waals surface area (Å²) < 4.78 is 16.7. The van der Waals surface area contributed by atoms with Crippen LogP contribution in [0.2, 0.25) is 0 Å².